The van der Waals surface area contributed by atoms with Crippen molar-refractivity contribution in [2.75, 3.05) is 5.32 Å². The summed E-state index contributed by atoms with van der Waals surface area (Å²) in [4.78, 5) is 14.0. The van der Waals surface area contributed by atoms with Crippen LogP contribution in [-0.2, 0) is 0 Å². The molecular formula is C20H15ClN4O. The molecule has 5 nitrogen and oxygen atoms in total. The van der Waals surface area contributed by atoms with Crippen LogP contribution in [0.15, 0.2) is 66.7 Å². The molecule has 0 bridgehead atoms. The van der Waals surface area contributed by atoms with Crippen LogP contribution in [0, 0.1) is 6.92 Å². The van der Waals surface area contributed by atoms with Gasteiger partial charge in [-0.2, -0.15) is 4.80 Å². The average molecular weight is 363 g/mol. The summed E-state index contributed by atoms with van der Waals surface area (Å²) in [7, 11) is 0. The molecule has 0 spiro atoms. The first-order chi connectivity index (χ1) is 12.6. The zero-order chi connectivity index (χ0) is 18.1. The van der Waals surface area contributed by atoms with E-state index in [0.29, 0.717) is 27.3 Å². The molecule has 1 aromatic heterocycles. The van der Waals surface area contributed by atoms with Crippen LogP contribution in [0.2, 0.25) is 5.02 Å². The Balaban J connectivity index is 1.67. The van der Waals surface area contributed by atoms with Gasteiger partial charge in [-0.3, -0.25) is 4.79 Å². The normalized spacial score (nSPS) is 10.8. The number of para-hydroxylation sites is 1. The van der Waals surface area contributed by atoms with Gasteiger partial charge in [0.2, 0.25) is 0 Å². The number of fused-ring (bicyclic) bond motifs is 1. The standard InChI is InChI=1S/C20H15ClN4O/c1-13-6-5-7-14(10-13)20(26)22-17-12-19-18(11-16(17)21)23-25(24-19)15-8-3-2-4-9-15/h2-12H,1H3,(H,22,26). The number of carbonyl (C=O) groups excluding carboxylic acids is 1. The molecule has 0 atom stereocenters. The fourth-order valence-corrected chi connectivity index (χ4v) is 2.90. The van der Waals surface area contributed by atoms with Crippen LogP contribution in [0.5, 0.6) is 0 Å². The average Bonchev–Trinajstić information content (AvgIpc) is 3.05. The molecule has 4 rings (SSSR count). The zero-order valence-corrected chi connectivity index (χ0v) is 14.7. The number of carbonyl (C=O) groups is 1. The predicted octanol–water partition coefficient (Wildman–Crippen LogP) is 4.63. The minimum atomic E-state index is -0.217. The molecule has 0 aliphatic carbocycles. The predicted molar refractivity (Wildman–Crippen MR) is 103 cm³/mol. The van der Waals surface area contributed by atoms with Gasteiger partial charge in [0, 0.05) is 5.56 Å². The summed E-state index contributed by atoms with van der Waals surface area (Å²) in [5.74, 6) is -0.217. The third kappa shape index (κ3) is 3.17. The van der Waals surface area contributed by atoms with Gasteiger partial charge in [-0.1, -0.05) is 47.5 Å². The molecule has 0 saturated heterocycles. The SMILES string of the molecule is Cc1cccc(C(=O)Nc2cc3nn(-c4ccccc4)nc3cc2Cl)c1. The molecule has 4 aromatic rings. The van der Waals surface area contributed by atoms with Gasteiger partial charge in [-0.05, 0) is 43.3 Å². The van der Waals surface area contributed by atoms with Crippen LogP contribution < -0.4 is 5.32 Å². The second kappa shape index (κ2) is 6.61. The summed E-state index contributed by atoms with van der Waals surface area (Å²) < 4.78 is 0. The second-order valence-electron chi connectivity index (χ2n) is 5.97. The lowest BCUT2D eigenvalue weighted by molar-refractivity contribution is 0.102. The Morgan fingerprint density at radius 3 is 2.42 bits per heavy atom. The van der Waals surface area contributed by atoms with Crippen LogP contribution in [0.25, 0.3) is 16.7 Å². The first-order valence-corrected chi connectivity index (χ1v) is 8.48. The molecule has 0 radical (unpaired) electrons. The number of aryl methyl sites for hydroxylation is 1. The Morgan fingerprint density at radius 1 is 0.962 bits per heavy atom. The lowest BCUT2D eigenvalue weighted by Gasteiger charge is -2.07. The fourth-order valence-electron chi connectivity index (χ4n) is 2.69. The monoisotopic (exact) mass is 362 g/mol. The molecule has 0 aliphatic heterocycles. The number of aromatic nitrogens is 3. The number of nitrogens with one attached hydrogen (secondary N) is 1. The summed E-state index contributed by atoms with van der Waals surface area (Å²) in [6.45, 7) is 1.94. The Morgan fingerprint density at radius 2 is 1.69 bits per heavy atom. The number of rotatable bonds is 3. The minimum absolute atomic E-state index is 0.217. The van der Waals surface area contributed by atoms with E-state index in [-0.39, 0.29) is 5.91 Å². The fraction of sp³-hybridized carbons (Fsp3) is 0.0500. The highest BCUT2D eigenvalue weighted by Crippen LogP contribution is 2.27. The van der Waals surface area contributed by atoms with E-state index in [1.165, 1.54) is 0 Å². The van der Waals surface area contributed by atoms with Crippen LogP contribution >= 0.6 is 11.6 Å². The van der Waals surface area contributed by atoms with Crippen molar-refractivity contribution in [2.45, 2.75) is 6.92 Å². The molecular weight excluding hydrogens is 348 g/mol. The summed E-state index contributed by atoms with van der Waals surface area (Å²) in [5, 5.41) is 12.2. The van der Waals surface area contributed by atoms with Gasteiger partial charge in [0.05, 0.1) is 16.4 Å². The molecule has 0 unspecified atom stereocenters. The van der Waals surface area contributed by atoms with Gasteiger partial charge in [-0.25, -0.2) is 0 Å². The lowest BCUT2D eigenvalue weighted by Crippen LogP contribution is -2.12. The molecule has 0 saturated carbocycles. The van der Waals surface area contributed by atoms with Gasteiger partial charge in [-0.15, -0.1) is 10.2 Å². The Bertz CT molecular complexity index is 1110. The highest BCUT2D eigenvalue weighted by atomic mass is 35.5. The second-order valence-corrected chi connectivity index (χ2v) is 6.38. The molecule has 1 N–H and O–H groups in total. The molecule has 1 heterocycles. The van der Waals surface area contributed by atoms with E-state index in [0.717, 1.165) is 11.3 Å². The van der Waals surface area contributed by atoms with Gasteiger partial charge in [0.15, 0.2) is 0 Å². The van der Waals surface area contributed by atoms with Gasteiger partial charge in [0.1, 0.15) is 11.0 Å². The summed E-state index contributed by atoms with van der Waals surface area (Å²) in [6.07, 6.45) is 0. The van der Waals surface area contributed by atoms with E-state index < -0.39 is 0 Å². The third-order valence-electron chi connectivity index (χ3n) is 3.98. The lowest BCUT2D eigenvalue weighted by atomic mass is 10.1. The number of halogens is 1. The van der Waals surface area contributed by atoms with E-state index in [1.54, 1.807) is 23.0 Å². The van der Waals surface area contributed by atoms with E-state index >= 15 is 0 Å². The molecule has 0 aliphatic rings. The quantitative estimate of drug-likeness (QED) is 0.577. The highest BCUT2D eigenvalue weighted by Gasteiger charge is 2.13. The topological polar surface area (TPSA) is 59.8 Å². The Kier molecular flexibility index (Phi) is 4.14. The zero-order valence-electron chi connectivity index (χ0n) is 14.0. The smallest absolute Gasteiger partial charge is 0.255 e. The van der Waals surface area contributed by atoms with Crippen molar-refractivity contribution in [1.82, 2.24) is 15.0 Å². The number of anilines is 1. The largest absolute Gasteiger partial charge is 0.321 e. The molecule has 128 valence electrons. The number of amides is 1. The maximum absolute atomic E-state index is 12.5. The molecule has 6 heteroatoms. The third-order valence-corrected chi connectivity index (χ3v) is 4.30. The molecule has 3 aromatic carbocycles. The summed E-state index contributed by atoms with van der Waals surface area (Å²) in [5.41, 5.74) is 4.26. The van der Waals surface area contributed by atoms with E-state index in [2.05, 4.69) is 15.5 Å². The van der Waals surface area contributed by atoms with Crippen molar-refractivity contribution in [3.63, 3.8) is 0 Å². The Labute approximate surface area is 155 Å². The van der Waals surface area contributed by atoms with Crippen LogP contribution in [0.3, 0.4) is 0 Å². The van der Waals surface area contributed by atoms with Crippen molar-refractivity contribution >= 4 is 34.2 Å². The van der Waals surface area contributed by atoms with Gasteiger partial charge in [0.25, 0.3) is 5.91 Å². The Hall–Kier alpha value is -3.18. The number of benzene rings is 3. The maximum atomic E-state index is 12.5. The van der Waals surface area contributed by atoms with E-state index in [1.807, 2.05) is 55.5 Å². The first-order valence-electron chi connectivity index (χ1n) is 8.10. The summed E-state index contributed by atoms with van der Waals surface area (Å²) in [6, 6.07) is 20.4. The van der Waals surface area contributed by atoms with Crippen LogP contribution in [0.4, 0.5) is 5.69 Å². The van der Waals surface area contributed by atoms with Crippen molar-refractivity contribution in [3.8, 4) is 5.69 Å². The minimum Gasteiger partial charge on any atom is -0.321 e. The molecule has 0 fully saturated rings. The van der Waals surface area contributed by atoms with Crippen molar-refractivity contribution < 1.29 is 4.79 Å². The number of hydrogen-bond acceptors (Lipinski definition) is 3. The highest BCUT2D eigenvalue weighted by molar-refractivity contribution is 6.34. The van der Waals surface area contributed by atoms with Crippen molar-refractivity contribution in [1.29, 1.82) is 0 Å². The van der Waals surface area contributed by atoms with Crippen LogP contribution in [0.1, 0.15) is 15.9 Å². The van der Waals surface area contributed by atoms with Gasteiger partial charge < -0.3 is 5.32 Å². The molecule has 1 amide bonds. The van der Waals surface area contributed by atoms with Crippen molar-refractivity contribution in [3.05, 3.63) is 82.9 Å². The van der Waals surface area contributed by atoms with E-state index in [4.69, 9.17) is 11.6 Å². The number of hydrogen-bond donors (Lipinski definition) is 1. The molecule has 26 heavy (non-hydrogen) atoms. The van der Waals surface area contributed by atoms with Gasteiger partial charge >= 0.3 is 0 Å². The maximum Gasteiger partial charge on any atom is 0.255 e. The van der Waals surface area contributed by atoms with E-state index in [9.17, 15) is 4.79 Å². The van der Waals surface area contributed by atoms with Crippen LogP contribution in [-0.4, -0.2) is 20.9 Å². The summed E-state index contributed by atoms with van der Waals surface area (Å²) >= 11 is 6.33. The van der Waals surface area contributed by atoms with Crippen molar-refractivity contribution in [2.24, 2.45) is 0 Å². The number of nitrogens with zero attached hydrogens (tertiary/aromatic N) is 3. The first kappa shape index (κ1) is 16.3.